The highest BCUT2D eigenvalue weighted by Gasteiger charge is 2.10. The standard InChI is InChI=1S/C22H21N4S/c1-2-3-5-10-21-23-16-26-22(25-21)20(15-24-26)17-11-13-19(14-12-17)27-18-8-6-4-7-9-18/h4,6-9,11-15H,2-3,5,10H2,1H3. The lowest BCUT2D eigenvalue weighted by Crippen LogP contribution is -2.00. The fourth-order valence-corrected chi connectivity index (χ4v) is 3.79. The molecule has 4 rings (SSSR count). The molecule has 0 aliphatic heterocycles. The van der Waals surface area contributed by atoms with Gasteiger partial charge in [0.15, 0.2) is 5.65 Å². The molecule has 2 heterocycles. The van der Waals surface area contributed by atoms with Crippen molar-refractivity contribution >= 4 is 17.4 Å². The van der Waals surface area contributed by atoms with Gasteiger partial charge < -0.3 is 0 Å². The second-order valence-electron chi connectivity index (χ2n) is 6.43. The normalized spacial score (nSPS) is 11.1. The van der Waals surface area contributed by atoms with Gasteiger partial charge in [-0.2, -0.15) is 9.61 Å². The molecule has 1 radical (unpaired) electrons. The molecule has 5 heteroatoms. The summed E-state index contributed by atoms with van der Waals surface area (Å²) >= 11 is 1.76. The van der Waals surface area contributed by atoms with Crippen molar-refractivity contribution in [2.24, 2.45) is 0 Å². The molecule has 135 valence electrons. The first-order valence-electron chi connectivity index (χ1n) is 9.29. The maximum Gasteiger partial charge on any atom is 0.202 e. The molecule has 4 aromatic rings. The highest BCUT2D eigenvalue weighted by atomic mass is 32.2. The Kier molecular flexibility index (Phi) is 5.49. The molecular weight excluding hydrogens is 352 g/mol. The molecule has 0 N–H and O–H groups in total. The largest absolute Gasteiger partial charge is 0.213 e. The van der Waals surface area contributed by atoms with Crippen LogP contribution >= 0.6 is 11.8 Å². The number of rotatable bonds is 7. The Labute approximate surface area is 163 Å². The van der Waals surface area contributed by atoms with Crippen molar-refractivity contribution in [1.82, 2.24) is 19.6 Å². The van der Waals surface area contributed by atoms with Crippen LogP contribution in [0.1, 0.15) is 32.0 Å². The van der Waals surface area contributed by atoms with Crippen molar-refractivity contribution in [2.45, 2.75) is 42.4 Å². The monoisotopic (exact) mass is 373 g/mol. The van der Waals surface area contributed by atoms with Crippen LogP contribution in [0, 0.1) is 6.33 Å². The maximum atomic E-state index is 4.73. The smallest absolute Gasteiger partial charge is 0.202 e. The van der Waals surface area contributed by atoms with E-state index in [-0.39, 0.29) is 0 Å². The minimum Gasteiger partial charge on any atom is -0.213 e. The van der Waals surface area contributed by atoms with Crippen LogP contribution in [0.2, 0.25) is 0 Å². The zero-order chi connectivity index (χ0) is 18.5. The van der Waals surface area contributed by atoms with Crippen LogP contribution in [0.25, 0.3) is 16.8 Å². The number of unbranched alkanes of at least 4 members (excludes halogenated alkanes) is 2. The highest BCUT2D eigenvalue weighted by Crippen LogP contribution is 2.30. The van der Waals surface area contributed by atoms with Crippen molar-refractivity contribution in [3.63, 3.8) is 0 Å². The summed E-state index contributed by atoms with van der Waals surface area (Å²) in [5, 5.41) is 4.35. The Morgan fingerprint density at radius 1 is 0.963 bits per heavy atom. The highest BCUT2D eigenvalue weighted by molar-refractivity contribution is 7.99. The minimum absolute atomic E-state index is 0.819. The van der Waals surface area contributed by atoms with Crippen molar-refractivity contribution in [2.75, 3.05) is 0 Å². The van der Waals surface area contributed by atoms with Crippen molar-refractivity contribution in [3.05, 3.63) is 72.9 Å². The van der Waals surface area contributed by atoms with Crippen molar-refractivity contribution in [1.29, 1.82) is 0 Å². The number of aromatic nitrogens is 4. The van der Waals surface area contributed by atoms with Gasteiger partial charge in [0.05, 0.1) is 6.20 Å². The quantitative estimate of drug-likeness (QED) is 0.403. The molecule has 0 unspecified atom stereocenters. The van der Waals surface area contributed by atoms with Crippen LogP contribution in [-0.2, 0) is 6.42 Å². The van der Waals surface area contributed by atoms with Gasteiger partial charge >= 0.3 is 0 Å². The van der Waals surface area contributed by atoms with Crippen LogP contribution in [-0.4, -0.2) is 19.6 Å². The molecule has 0 atom stereocenters. The second-order valence-corrected chi connectivity index (χ2v) is 7.58. The van der Waals surface area contributed by atoms with E-state index in [1.807, 2.05) is 12.3 Å². The van der Waals surface area contributed by atoms with Gasteiger partial charge in [-0.25, -0.2) is 9.97 Å². The summed E-state index contributed by atoms with van der Waals surface area (Å²) in [6, 6.07) is 18.9. The van der Waals surface area contributed by atoms with E-state index in [1.54, 1.807) is 16.3 Å². The van der Waals surface area contributed by atoms with Crippen LogP contribution in [0.3, 0.4) is 0 Å². The van der Waals surface area contributed by atoms with Crippen molar-refractivity contribution in [3.8, 4) is 11.1 Å². The predicted molar refractivity (Wildman–Crippen MR) is 109 cm³/mol. The van der Waals surface area contributed by atoms with Crippen LogP contribution in [0.4, 0.5) is 0 Å². The number of hydrogen-bond donors (Lipinski definition) is 0. The molecule has 0 saturated heterocycles. The Bertz CT molecular complexity index is 1010. The zero-order valence-corrected chi connectivity index (χ0v) is 16.1. The van der Waals surface area contributed by atoms with E-state index in [9.17, 15) is 0 Å². The van der Waals surface area contributed by atoms with Gasteiger partial charge in [0, 0.05) is 21.8 Å². The average Bonchev–Trinajstić information content (AvgIpc) is 3.13. The average molecular weight is 374 g/mol. The van der Waals surface area contributed by atoms with Gasteiger partial charge in [0.25, 0.3) is 0 Å². The number of fused-ring (bicyclic) bond motifs is 1. The van der Waals surface area contributed by atoms with Gasteiger partial charge in [0.2, 0.25) is 6.33 Å². The maximum absolute atomic E-state index is 4.73. The van der Waals surface area contributed by atoms with Crippen LogP contribution in [0.15, 0.2) is 70.6 Å². The predicted octanol–water partition coefficient (Wildman–Crippen LogP) is 5.48. The van der Waals surface area contributed by atoms with Gasteiger partial charge in [-0.1, -0.05) is 61.9 Å². The first kappa shape index (κ1) is 17.7. The molecule has 0 spiro atoms. The topological polar surface area (TPSA) is 43.1 Å². The third-order valence-corrected chi connectivity index (χ3v) is 5.42. The van der Waals surface area contributed by atoms with Gasteiger partial charge in [-0.3, -0.25) is 0 Å². The van der Waals surface area contributed by atoms with E-state index in [0.29, 0.717) is 0 Å². The number of nitrogens with zero attached hydrogens (tertiary/aromatic N) is 4. The summed E-state index contributed by atoms with van der Waals surface area (Å²) < 4.78 is 1.63. The number of hydrogen-bond acceptors (Lipinski definition) is 4. The molecule has 2 aromatic carbocycles. The fraction of sp³-hybridized carbons (Fsp3) is 0.227. The Morgan fingerprint density at radius 2 is 1.74 bits per heavy atom. The Hall–Kier alpha value is -2.66. The summed E-state index contributed by atoms with van der Waals surface area (Å²) in [6.07, 6.45) is 9.19. The van der Waals surface area contributed by atoms with E-state index < -0.39 is 0 Å². The van der Waals surface area contributed by atoms with Gasteiger partial charge in [-0.15, -0.1) is 0 Å². The number of aryl methyl sites for hydroxylation is 1. The van der Waals surface area contributed by atoms with E-state index >= 15 is 0 Å². The molecule has 27 heavy (non-hydrogen) atoms. The van der Waals surface area contributed by atoms with Crippen LogP contribution in [0.5, 0.6) is 0 Å². The summed E-state index contributed by atoms with van der Waals surface area (Å²) in [4.78, 5) is 11.5. The molecule has 2 aromatic heterocycles. The first-order valence-corrected chi connectivity index (χ1v) is 10.1. The Morgan fingerprint density at radius 3 is 2.52 bits per heavy atom. The molecule has 0 amide bonds. The molecule has 0 saturated carbocycles. The van der Waals surface area contributed by atoms with E-state index in [0.717, 1.165) is 35.4 Å². The first-order chi connectivity index (χ1) is 13.3. The van der Waals surface area contributed by atoms with E-state index in [2.05, 4.69) is 71.9 Å². The molecular formula is C22H21N4S. The summed E-state index contributed by atoms with van der Waals surface area (Å²) in [7, 11) is 0. The lowest BCUT2D eigenvalue weighted by molar-refractivity contribution is 0.687. The molecule has 0 aliphatic carbocycles. The minimum atomic E-state index is 0.819. The summed E-state index contributed by atoms with van der Waals surface area (Å²) in [5.41, 5.74) is 2.94. The summed E-state index contributed by atoms with van der Waals surface area (Å²) in [6.45, 7) is 2.20. The van der Waals surface area contributed by atoms with E-state index in [1.165, 1.54) is 22.6 Å². The zero-order valence-electron chi connectivity index (χ0n) is 15.3. The molecule has 4 nitrogen and oxygen atoms in total. The SMILES string of the molecule is CCCCCc1n[c]n2ncc(-c3ccc(Sc4ccccc4)cc3)c2n1. The van der Waals surface area contributed by atoms with Gasteiger partial charge in [-0.05, 0) is 36.2 Å². The lowest BCUT2D eigenvalue weighted by Gasteiger charge is -2.04. The van der Waals surface area contributed by atoms with Gasteiger partial charge in [0.1, 0.15) is 5.82 Å². The third-order valence-electron chi connectivity index (χ3n) is 4.40. The molecule has 0 bridgehead atoms. The summed E-state index contributed by atoms with van der Waals surface area (Å²) in [5.74, 6) is 0.842. The van der Waals surface area contributed by atoms with E-state index in [4.69, 9.17) is 4.98 Å². The van der Waals surface area contributed by atoms with Crippen molar-refractivity contribution < 1.29 is 0 Å². The van der Waals surface area contributed by atoms with Crippen LogP contribution < -0.4 is 0 Å². The third kappa shape index (κ3) is 4.19. The fourth-order valence-electron chi connectivity index (χ4n) is 2.95. The Balaban J connectivity index is 1.57. The molecule has 0 aliphatic rings. The molecule has 0 fully saturated rings. The lowest BCUT2D eigenvalue weighted by atomic mass is 10.1. The second kappa shape index (κ2) is 8.35. The number of benzene rings is 2.